The van der Waals surface area contributed by atoms with Crippen LogP contribution < -0.4 is 15.4 Å². The maximum atomic E-state index is 12.2. The van der Waals surface area contributed by atoms with E-state index in [-0.39, 0.29) is 17.6 Å². The summed E-state index contributed by atoms with van der Waals surface area (Å²) >= 11 is 0. The molecule has 122 valence electrons. The Labute approximate surface area is 133 Å². The van der Waals surface area contributed by atoms with E-state index >= 15 is 0 Å². The van der Waals surface area contributed by atoms with Gasteiger partial charge in [-0.2, -0.15) is 0 Å². The van der Waals surface area contributed by atoms with Gasteiger partial charge in [0.15, 0.2) is 0 Å². The van der Waals surface area contributed by atoms with E-state index in [4.69, 9.17) is 4.74 Å². The van der Waals surface area contributed by atoms with Gasteiger partial charge in [-0.05, 0) is 58.7 Å². The number of aryl methyl sites for hydroxylation is 1. The fourth-order valence-corrected chi connectivity index (χ4v) is 2.61. The summed E-state index contributed by atoms with van der Waals surface area (Å²) in [5.74, 6) is 0.936. The lowest BCUT2D eigenvalue weighted by Gasteiger charge is -2.25. The first-order valence-electron chi connectivity index (χ1n) is 8.15. The van der Waals surface area contributed by atoms with Crippen LogP contribution >= 0.6 is 0 Å². The van der Waals surface area contributed by atoms with Gasteiger partial charge in [0, 0.05) is 12.1 Å². The molecule has 0 radical (unpaired) electrons. The minimum absolute atomic E-state index is 0.0498. The third-order valence-electron chi connectivity index (χ3n) is 3.72. The number of ether oxygens (including phenoxy) is 1. The first-order valence-corrected chi connectivity index (χ1v) is 8.15. The molecule has 1 amide bonds. The smallest absolute Gasteiger partial charge is 0.237 e. The van der Waals surface area contributed by atoms with E-state index < -0.39 is 0 Å². The van der Waals surface area contributed by atoms with Crippen LogP contribution in [0.3, 0.4) is 0 Å². The zero-order valence-electron chi connectivity index (χ0n) is 14.2. The molecule has 1 aromatic carbocycles. The van der Waals surface area contributed by atoms with Crippen molar-refractivity contribution in [3.63, 3.8) is 0 Å². The molecule has 1 heterocycles. The molecule has 0 spiro atoms. The van der Waals surface area contributed by atoms with Crippen LogP contribution in [0.5, 0.6) is 5.75 Å². The average Bonchev–Trinajstić information content (AvgIpc) is 2.45. The maximum Gasteiger partial charge on any atom is 0.237 e. The van der Waals surface area contributed by atoms with E-state index in [0.717, 1.165) is 42.7 Å². The summed E-state index contributed by atoms with van der Waals surface area (Å²) in [6, 6.07) is 6.07. The summed E-state index contributed by atoms with van der Waals surface area (Å²) < 4.78 is 6.02. The lowest BCUT2D eigenvalue weighted by molar-refractivity contribution is -0.123. The van der Waals surface area contributed by atoms with Crippen molar-refractivity contribution in [1.29, 1.82) is 0 Å². The standard InChI is InChI=1S/C18H28N2O2/c1-13-8-9-14(16(11-13)22-18(2,3)4)12-20-17(21)15-7-5-6-10-19-15/h8-9,11,15,19H,5-7,10,12H2,1-4H3,(H,20,21). The van der Waals surface area contributed by atoms with Crippen LogP contribution in [-0.4, -0.2) is 24.1 Å². The van der Waals surface area contributed by atoms with E-state index in [1.165, 1.54) is 0 Å². The minimum atomic E-state index is -0.253. The first kappa shape index (κ1) is 16.8. The summed E-state index contributed by atoms with van der Waals surface area (Å²) in [5.41, 5.74) is 1.92. The molecule has 2 rings (SSSR count). The van der Waals surface area contributed by atoms with Crippen LogP contribution in [0.15, 0.2) is 18.2 Å². The highest BCUT2D eigenvalue weighted by molar-refractivity contribution is 5.81. The number of carbonyl (C=O) groups excluding carboxylic acids is 1. The largest absolute Gasteiger partial charge is 0.488 e. The molecule has 0 bridgehead atoms. The molecule has 4 heteroatoms. The van der Waals surface area contributed by atoms with Gasteiger partial charge in [-0.1, -0.05) is 18.6 Å². The Morgan fingerprint density at radius 2 is 2.14 bits per heavy atom. The van der Waals surface area contributed by atoms with E-state index in [9.17, 15) is 4.79 Å². The normalized spacial score (nSPS) is 18.8. The zero-order chi connectivity index (χ0) is 16.2. The molecule has 1 atom stereocenters. The van der Waals surface area contributed by atoms with Gasteiger partial charge in [0.05, 0.1) is 6.04 Å². The van der Waals surface area contributed by atoms with Crippen molar-refractivity contribution in [1.82, 2.24) is 10.6 Å². The fourth-order valence-electron chi connectivity index (χ4n) is 2.61. The number of carbonyl (C=O) groups is 1. The van der Waals surface area contributed by atoms with Crippen LogP contribution in [-0.2, 0) is 11.3 Å². The van der Waals surface area contributed by atoms with Crippen LogP contribution in [0.1, 0.15) is 51.2 Å². The fraction of sp³-hybridized carbons (Fsp3) is 0.611. The van der Waals surface area contributed by atoms with E-state index in [1.807, 2.05) is 39.8 Å². The monoisotopic (exact) mass is 304 g/mol. The van der Waals surface area contributed by atoms with Gasteiger partial charge in [-0.25, -0.2) is 0 Å². The number of piperidine rings is 1. The Bertz CT molecular complexity index is 514. The Balaban J connectivity index is 2.01. The predicted octanol–water partition coefficient (Wildman–Crippen LogP) is 2.93. The number of hydrogen-bond acceptors (Lipinski definition) is 3. The van der Waals surface area contributed by atoms with E-state index in [0.29, 0.717) is 6.54 Å². The Hall–Kier alpha value is -1.55. The second-order valence-electron chi connectivity index (χ2n) is 7.05. The summed E-state index contributed by atoms with van der Waals surface area (Å²) in [4.78, 5) is 12.2. The molecule has 1 aliphatic heterocycles. The van der Waals surface area contributed by atoms with Crippen molar-refractivity contribution in [2.75, 3.05) is 6.54 Å². The molecule has 1 aliphatic rings. The highest BCUT2D eigenvalue weighted by atomic mass is 16.5. The van der Waals surface area contributed by atoms with Gasteiger partial charge >= 0.3 is 0 Å². The Morgan fingerprint density at radius 1 is 1.36 bits per heavy atom. The van der Waals surface area contributed by atoms with Crippen LogP contribution in [0, 0.1) is 6.92 Å². The molecular weight excluding hydrogens is 276 g/mol. The molecule has 0 aromatic heterocycles. The number of hydrogen-bond donors (Lipinski definition) is 2. The SMILES string of the molecule is Cc1ccc(CNC(=O)C2CCCCN2)c(OC(C)(C)C)c1. The van der Waals surface area contributed by atoms with Crippen LogP contribution in [0.2, 0.25) is 0 Å². The second-order valence-corrected chi connectivity index (χ2v) is 7.05. The third-order valence-corrected chi connectivity index (χ3v) is 3.72. The van der Waals surface area contributed by atoms with Gasteiger partial charge in [-0.15, -0.1) is 0 Å². The molecular formula is C18H28N2O2. The quantitative estimate of drug-likeness (QED) is 0.899. The molecule has 1 fully saturated rings. The molecule has 22 heavy (non-hydrogen) atoms. The number of benzene rings is 1. The van der Waals surface area contributed by atoms with Gasteiger partial charge in [0.25, 0.3) is 0 Å². The van der Waals surface area contributed by atoms with Crippen molar-refractivity contribution in [2.45, 2.75) is 65.1 Å². The van der Waals surface area contributed by atoms with Gasteiger partial charge < -0.3 is 15.4 Å². The molecule has 2 N–H and O–H groups in total. The van der Waals surface area contributed by atoms with Gasteiger partial charge in [0.2, 0.25) is 5.91 Å². The summed E-state index contributed by atoms with van der Waals surface area (Å²) in [5, 5.41) is 6.31. The summed E-state index contributed by atoms with van der Waals surface area (Å²) in [7, 11) is 0. The number of amides is 1. The molecule has 1 aromatic rings. The van der Waals surface area contributed by atoms with Crippen molar-refractivity contribution in [2.24, 2.45) is 0 Å². The summed E-state index contributed by atoms with van der Waals surface area (Å²) in [6.45, 7) is 9.57. The number of rotatable bonds is 4. The highest BCUT2D eigenvalue weighted by Gasteiger charge is 2.21. The molecule has 1 saturated heterocycles. The topological polar surface area (TPSA) is 50.4 Å². The minimum Gasteiger partial charge on any atom is -0.488 e. The third kappa shape index (κ3) is 5.02. The van der Waals surface area contributed by atoms with E-state index in [1.54, 1.807) is 0 Å². The Kier molecular flexibility index (Phi) is 5.46. The molecule has 0 aliphatic carbocycles. The van der Waals surface area contributed by atoms with Gasteiger partial charge in [0.1, 0.15) is 11.4 Å². The Morgan fingerprint density at radius 3 is 2.77 bits per heavy atom. The van der Waals surface area contributed by atoms with E-state index in [2.05, 4.69) is 16.7 Å². The summed E-state index contributed by atoms with van der Waals surface area (Å²) in [6.07, 6.45) is 3.20. The predicted molar refractivity (Wildman–Crippen MR) is 89.0 cm³/mol. The first-order chi connectivity index (χ1) is 10.3. The lowest BCUT2D eigenvalue weighted by atomic mass is 10.0. The molecule has 4 nitrogen and oxygen atoms in total. The zero-order valence-corrected chi connectivity index (χ0v) is 14.2. The highest BCUT2D eigenvalue weighted by Crippen LogP contribution is 2.24. The molecule has 1 unspecified atom stereocenters. The van der Waals surface area contributed by atoms with Crippen molar-refractivity contribution < 1.29 is 9.53 Å². The van der Waals surface area contributed by atoms with Crippen LogP contribution in [0.25, 0.3) is 0 Å². The maximum absolute atomic E-state index is 12.2. The van der Waals surface area contributed by atoms with Gasteiger partial charge in [-0.3, -0.25) is 4.79 Å². The van der Waals surface area contributed by atoms with Crippen molar-refractivity contribution in [3.8, 4) is 5.75 Å². The number of nitrogens with one attached hydrogen (secondary N) is 2. The lowest BCUT2D eigenvalue weighted by Crippen LogP contribution is -2.46. The average molecular weight is 304 g/mol. The van der Waals surface area contributed by atoms with Crippen LogP contribution in [0.4, 0.5) is 0 Å². The van der Waals surface area contributed by atoms with Crippen molar-refractivity contribution in [3.05, 3.63) is 29.3 Å². The molecule has 0 saturated carbocycles. The van der Waals surface area contributed by atoms with Crippen molar-refractivity contribution >= 4 is 5.91 Å². The second kappa shape index (κ2) is 7.14.